The number of allylic oxidation sites excluding steroid dienone is 3. The quantitative estimate of drug-likeness (QED) is 0.429. The van der Waals surface area contributed by atoms with Gasteiger partial charge in [0, 0.05) is 29.1 Å². The van der Waals surface area contributed by atoms with Gasteiger partial charge in [-0.1, -0.05) is 49.7 Å². The fourth-order valence-electron chi connectivity index (χ4n) is 5.20. The number of ketones is 1. The molecule has 2 aliphatic rings. The topological polar surface area (TPSA) is 94.6 Å². The molecule has 36 heavy (non-hydrogen) atoms. The summed E-state index contributed by atoms with van der Waals surface area (Å²) in [5.41, 5.74) is 3.69. The number of esters is 2. The van der Waals surface area contributed by atoms with Gasteiger partial charge in [0.1, 0.15) is 5.92 Å². The Morgan fingerprint density at radius 1 is 1.00 bits per heavy atom. The van der Waals surface area contributed by atoms with E-state index in [-0.39, 0.29) is 24.9 Å². The van der Waals surface area contributed by atoms with Crippen molar-refractivity contribution in [2.75, 3.05) is 13.2 Å². The second kappa shape index (κ2) is 11.3. The molecule has 0 saturated heterocycles. The van der Waals surface area contributed by atoms with Gasteiger partial charge in [-0.25, -0.2) is 4.79 Å². The van der Waals surface area contributed by atoms with Crippen molar-refractivity contribution in [2.24, 2.45) is 5.92 Å². The number of Topliss-reactive ketones (excluding diaryl/α,β-unsaturated/α-hetero) is 1. The van der Waals surface area contributed by atoms with Crippen molar-refractivity contribution in [1.29, 1.82) is 0 Å². The first kappa shape index (κ1) is 25.4. The molecule has 0 unspecified atom stereocenters. The monoisotopic (exact) mass is 488 g/mol. The van der Waals surface area contributed by atoms with Crippen LogP contribution in [0.25, 0.3) is 0 Å². The largest absolute Gasteiger partial charge is 0.465 e. The van der Waals surface area contributed by atoms with Crippen molar-refractivity contribution < 1.29 is 23.9 Å². The lowest BCUT2D eigenvalue weighted by Crippen LogP contribution is -2.44. The molecule has 0 fully saturated rings. The van der Waals surface area contributed by atoms with Crippen molar-refractivity contribution in [3.63, 3.8) is 0 Å². The van der Waals surface area contributed by atoms with Crippen molar-refractivity contribution in [2.45, 2.75) is 51.9 Å². The number of carbonyl (C=O) groups excluding carboxylic acids is 3. The number of dihydropyridines is 1. The number of hydrogen-bond acceptors (Lipinski definition) is 7. The van der Waals surface area contributed by atoms with E-state index in [0.717, 1.165) is 23.4 Å². The molecule has 1 aliphatic carbocycles. The molecule has 1 aromatic heterocycles. The summed E-state index contributed by atoms with van der Waals surface area (Å²) in [5, 5.41) is 3.42. The summed E-state index contributed by atoms with van der Waals surface area (Å²) in [7, 11) is 0. The van der Waals surface area contributed by atoms with Crippen LogP contribution in [-0.2, 0) is 23.9 Å². The summed E-state index contributed by atoms with van der Waals surface area (Å²) in [6.45, 7) is 5.89. The number of aromatic nitrogens is 1. The maximum Gasteiger partial charge on any atom is 0.336 e. The number of rotatable bonds is 8. The van der Waals surface area contributed by atoms with Gasteiger partial charge in [0.25, 0.3) is 0 Å². The van der Waals surface area contributed by atoms with Crippen LogP contribution in [0.3, 0.4) is 0 Å². The fourth-order valence-corrected chi connectivity index (χ4v) is 5.20. The zero-order valence-corrected chi connectivity index (χ0v) is 21.0. The average Bonchev–Trinajstić information content (AvgIpc) is 2.89. The highest BCUT2D eigenvalue weighted by atomic mass is 16.5. The highest BCUT2D eigenvalue weighted by Gasteiger charge is 2.49. The van der Waals surface area contributed by atoms with Gasteiger partial charge >= 0.3 is 11.9 Å². The lowest BCUT2D eigenvalue weighted by molar-refractivity contribution is -0.152. The maximum atomic E-state index is 14.2. The van der Waals surface area contributed by atoms with Crippen molar-refractivity contribution in [1.82, 2.24) is 10.3 Å². The molecule has 2 aromatic rings. The van der Waals surface area contributed by atoms with Gasteiger partial charge in [0.2, 0.25) is 0 Å². The number of nitrogens with zero attached hydrogens (tertiary/aromatic N) is 1. The van der Waals surface area contributed by atoms with E-state index in [9.17, 15) is 14.4 Å². The van der Waals surface area contributed by atoms with Gasteiger partial charge in [0.05, 0.1) is 30.4 Å². The molecule has 1 aliphatic heterocycles. The molecule has 4 rings (SSSR count). The van der Waals surface area contributed by atoms with E-state index in [1.54, 1.807) is 32.2 Å². The molecule has 0 amide bonds. The number of pyridine rings is 1. The molecule has 0 bridgehead atoms. The molecule has 2 heterocycles. The Morgan fingerprint density at radius 3 is 2.36 bits per heavy atom. The SMILES string of the molecule is CCCC1=C(C(=O)OCC)[C@@H](c2ccccn2)C2=C(C[C@@H](c3ccccc3)[C@H](C(=O)OCC)C2=O)N1. The van der Waals surface area contributed by atoms with E-state index in [4.69, 9.17) is 9.47 Å². The average molecular weight is 489 g/mol. The summed E-state index contributed by atoms with van der Waals surface area (Å²) in [6.07, 6.45) is 3.48. The molecule has 3 atom stereocenters. The number of carbonyl (C=O) groups is 3. The molecular weight excluding hydrogens is 456 g/mol. The Morgan fingerprint density at radius 2 is 1.72 bits per heavy atom. The number of benzene rings is 1. The maximum absolute atomic E-state index is 14.2. The van der Waals surface area contributed by atoms with Crippen LogP contribution in [0.4, 0.5) is 0 Å². The smallest absolute Gasteiger partial charge is 0.336 e. The molecule has 188 valence electrons. The van der Waals surface area contributed by atoms with Crippen molar-refractivity contribution in [3.05, 3.63) is 88.5 Å². The lowest BCUT2D eigenvalue weighted by Gasteiger charge is -2.39. The molecule has 7 heteroatoms. The first-order chi connectivity index (χ1) is 17.5. The minimum Gasteiger partial charge on any atom is -0.465 e. The highest BCUT2D eigenvalue weighted by Crippen LogP contribution is 2.48. The molecule has 7 nitrogen and oxygen atoms in total. The van der Waals surface area contributed by atoms with Crippen LogP contribution in [-0.4, -0.2) is 35.9 Å². The minimum absolute atomic E-state index is 0.173. The van der Waals surface area contributed by atoms with Gasteiger partial charge in [-0.3, -0.25) is 14.6 Å². The van der Waals surface area contributed by atoms with Crippen molar-refractivity contribution in [3.8, 4) is 0 Å². The summed E-state index contributed by atoms with van der Waals surface area (Å²) in [4.78, 5) is 45.2. The Labute approximate surface area is 211 Å². The van der Waals surface area contributed by atoms with E-state index < -0.39 is 23.8 Å². The van der Waals surface area contributed by atoms with Crippen LogP contribution in [0.2, 0.25) is 0 Å². The molecular formula is C29H32N2O5. The Hall–Kier alpha value is -3.74. The van der Waals surface area contributed by atoms with Gasteiger partial charge in [0.15, 0.2) is 5.78 Å². The predicted octanol–water partition coefficient (Wildman–Crippen LogP) is 4.58. The van der Waals surface area contributed by atoms with E-state index in [0.29, 0.717) is 29.7 Å². The lowest BCUT2D eigenvalue weighted by atomic mass is 9.67. The summed E-state index contributed by atoms with van der Waals surface area (Å²) in [5.74, 6) is -3.52. The highest BCUT2D eigenvalue weighted by molar-refractivity contribution is 6.13. The van der Waals surface area contributed by atoms with Crippen LogP contribution in [0.1, 0.15) is 63.1 Å². The van der Waals surface area contributed by atoms with Crippen LogP contribution in [0.5, 0.6) is 0 Å². The number of hydrogen-bond donors (Lipinski definition) is 1. The van der Waals surface area contributed by atoms with Crippen LogP contribution in [0, 0.1) is 5.92 Å². The Bertz CT molecular complexity index is 1190. The fraction of sp³-hybridized carbons (Fsp3) is 0.379. The van der Waals surface area contributed by atoms with E-state index >= 15 is 0 Å². The second-order valence-electron chi connectivity index (χ2n) is 8.88. The summed E-state index contributed by atoms with van der Waals surface area (Å²) in [6, 6.07) is 15.0. The standard InChI is InChI=1S/C29H32N2O5/c1-4-12-21-26(29(34)36-6-3)24(20-15-10-11-16-30-20)25-22(31-21)17-19(18-13-8-7-9-14-18)23(27(25)32)28(33)35-5-2/h7-11,13-16,19,23-24,31H,4-6,12,17H2,1-3H3/t19-,23-,24-/m0/s1. The predicted molar refractivity (Wildman–Crippen MR) is 135 cm³/mol. The van der Waals surface area contributed by atoms with E-state index in [2.05, 4.69) is 10.3 Å². The van der Waals surface area contributed by atoms with Crippen LogP contribution < -0.4 is 5.32 Å². The second-order valence-corrected chi connectivity index (χ2v) is 8.88. The van der Waals surface area contributed by atoms with Gasteiger partial charge in [-0.05, 0) is 44.4 Å². The van der Waals surface area contributed by atoms with Crippen LogP contribution in [0.15, 0.2) is 77.3 Å². The number of nitrogens with one attached hydrogen (secondary N) is 1. The van der Waals surface area contributed by atoms with E-state index in [1.807, 2.05) is 43.3 Å². The minimum atomic E-state index is -1.02. The zero-order valence-electron chi connectivity index (χ0n) is 21.0. The number of ether oxygens (including phenoxy) is 2. The third-order valence-corrected chi connectivity index (χ3v) is 6.65. The summed E-state index contributed by atoms with van der Waals surface area (Å²) < 4.78 is 10.8. The molecule has 1 aromatic carbocycles. The Kier molecular flexibility index (Phi) is 7.98. The summed E-state index contributed by atoms with van der Waals surface area (Å²) >= 11 is 0. The van der Waals surface area contributed by atoms with Crippen molar-refractivity contribution >= 4 is 17.7 Å². The molecule has 0 saturated carbocycles. The third-order valence-electron chi connectivity index (χ3n) is 6.65. The molecule has 0 radical (unpaired) electrons. The van der Waals surface area contributed by atoms with Gasteiger partial charge in [-0.15, -0.1) is 0 Å². The zero-order chi connectivity index (χ0) is 25.7. The Balaban J connectivity index is 1.91. The first-order valence-electron chi connectivity index (χ1n) is 12.6. The van der Waals surface area contributed by atoms with Crippen LogP contribution >= 0.6 is 0 Å². The normalized spacial score (nSPS) is 21.5. The van der Waals surface area contributed by atoms with Gasteiger partial charge < -0.3 is 14.8 Å². The first-order valence-corrected chi connectivity index (χ1v) is 12.6. The van der Waals surface area contributed by atoms with Gasteiger partial charge in [-0.2, -0.15) is 0 Å². The third kappa shape index (κ3) is 4.83. The molecule has 0 spiro atoms. The molecule has 1 N–H and O–H groups in total. The van der Waals surface area contributed by atoms with E-state index in [1.165, 1.54) is 0 Å².